The minimum Gasteiger partial charge on any atom is -0.400 e. The second-order valence-corrected chi connectivity index (χ2v) is 1.62. The van der Waals surface area contributed by atoms with Crippen LogP contribution in [0.2, 0.25) is 0 Å². The largest absolute Gasteiger partial charge is 0.400 e. The van der Waals surface area contributed by atoms with Gasteiger partial charge in [-0.25, -0.2) is 5.90 Å². The van der Waals surface area contributed by atoms with Gasteiger partial charge in [-0.1, -0.05) is 20.8 Å². The Kier molecular flexibility index (Phi) is 57.6. The minimum absolute atomic E-state index is 0. The van der Waals surface area contributed by atoms with Gasteiger partial charge < -0.3 is 15.2 Å². The smallest absolute Gasteiger partial charge is 0.0319 e. The van der Waals surface area contributed by atoms with Crippen LogP contribution in [-0.4, -0.2) is 42.0 Å². The van der Waals surface area contributed by atoms with E-state index in [1.165, 1.54) is 19.6 Å². The van der Waals surface area contributed by atoms with Crippen LogP contribution < -0.4 is 5.90 Å². The molecule has 80 valence electrons. The maximum atomic E-state index is 7.00. The summed E-state index contributed by atoms with van der Waals surface area (Å²) in [5, 5.41) is 13.5. The third-order valence-electron chi connectivity index (χ3n) is 1.34. The molecule has 0 aliphatic rings. The molecule has 0 heterocycles. The van der Waals surface area contributed by atoms with Crippen molar-refractivity contribution in [2.45, 2.75) is 20.8 Å². The molecule has 4 nitrogen and oxygen atoms in total. The maximum Gasteiger partial charge on any atom is 0.0319 e. The van der Waals surface area contributed by atoms with Gasteiger partial charge in [0.2, 0.25) is 0 Å². The average molecular weight is 203 g/mol. The third-order valence-corrected chi connectivity index (χ3v) is 1.34. The highest BCUT2D eigenvalue weighted by Gasteiger charge is 1.89. The Morgan fingerprint density at radius 3 is 1.08 bits per heavy atom. The van der Waals surface area contributed by atoms with Crippen LogP contribution in [0.5, 0.6) is 0 Å². The lowest BCUT2D eigenvalue weighted by Crippen LogP contribution is -2.21. The SMILES string of the molecule is CCN(CC)CC.CO.Cl.NO. The molecule has 0 rings (SSSR count). The van der Waals surface area contributed by atoms with Crippen molar-refractivity contribution in [1.82, 2.24) is 4.90 Å². The molecule has 0 unspecified atom stereocenters. The lowest BCUT2D eigenvalue weighted by atomic mass is 10.5. The first-order valence-corrected chi connectivity index (χ1v) is 3.78. The molecule has 0 aromatic carbocycles. The average Bonchev–Trinajstić information content (AvgIpc) is 2.14. The molecular weight excluding hydrogens is 180 g/mol. The molecule has 12 heavy (non-hydrogen) atoms. The highest BCUT2D eigenvalue weighted by atomic mass is 35.5. The molecular formula is C7H23ClN2O2. The Morgan fingerprint density at radius 1 is 0.917 bits per heavy atom. The van der Waals surface area contributed by atoms with E-state index in [0.717, 1.165) is 7.11 Å². The van der Waals surface area contributed by atoms with Crippen molar-refractivity contribution in [3.63, 3.8) is 0 Å². The molecule has 5 heteroatoms. The first-order valence-electron chi connectivity index (χ1n) is 3.78. The standard InChI is InChI=1S/C6H15N.CH4O.ClH.H3NO/c1-4-7(5-2)6-3;1-2;;1-2/h4-6H2,1-3H3;2H,1H3;1H;2H,1H2. The van der Waals surface area contributed by atoms with Gasteiger partial charge in [0.15, 0.2) is 0 Å². The number of hydrogen-bond acceptors (Lipinski definition) is 4. The molecule has 0 bridgehead atoms. The van der Waals surface area contributed by atoms with Gasteiger partial charge in [0.1, 0.15) is 0 Å². The summed E-state index contributed by atoms with van der Waals surface area (Å²) < 4.78 is 0. The number of hydrogen-bond donors (Lipinski definition) is 3. The molecule has 0 saturated carbocycles. The molecule has 0 fully saturated rings. The Hall–Kier alpha value is 0.130. The number of nitrogens with two attached hydrogens (primary N) is 1. The second-order valence-electron chi connectivity index (χ2n) is 1.62. The zero-order valence-corrected chi connectivity index (χ0v) is 9.27. The molecule has 0 aliphatic heterocycles. The minimum atomic E-state index is 0. The zero-order chi connectivity index (χ0) is 9.70. The molecule has 0 atom stereocenters. The fourth-order valence-corrected chi connectivity index (χ4v) is 0.671. The van der Waals surface area contributed by atoms with Crippen molar-refractivity contribution in [3.05, 3.63) is 0 Å². The van der Waals surface area contributed by atoms with Gasteiger partial charge in [0, 0.05) is 7.11 Å². The lowest BCUT2D eigenvalue weighted by Gasteiger charge is -2.13. The summed E-state index contributed by atoms with van der Waals surface area (Å²) in [7, 11) is 1.00. The fourth-order valence-electron chi connectivity index (χ4n) is 0.671. The Morgan fingerprint density at radius 2 is 1.08 bits per heavy atom. The first kappa shape index (κ1) is 22.7. The van der Waals surface area contributed by atoms with Crippen molar-refractivity contribution in [3.8, 4) is 0 Å². The van der Waals surface area contributed by atoms with E-state index in [1.54, 1.807) is 0 Å². The van der Waals surface area contributed by atoms with Gasteiger partial charge in [-0.15, -0.1) is 12.4 Å². The number of aliphatic hydroxyl groups is 1. The summed E-state index contributed by atoms with van der Waals surface area (Å²) in [6.45, 7) is 10.1. The highest BCUT2D eigenvalue weighted by molar-refractivity contribution is 5.85. The molecule has 0 spiro atoms. The number of rotatable bonds is 3. The molecule has 0 aliphatic carbocycles. The molecule has 0 radical (unpaired) electrons. The Balaban J connectivity index is -0.0000000560. The number of nitrogens with zero attached hydrogens (tertiary/aromatic N) is 1. The molecule has 0 saturated heterocycles. The zero-order valence-electron chi connectivity index (χ0n) is 8.45. The normalized spacial score (nSPS) is 7.00. The van der Waals surface area contributed by atoms with E-state index in [2.05, 4.69) is 31.6 Å². The van der Waals surface area contributed by atoms with E-state index in [9.17, 15) is 0 Å². The van der Waals surface area contributed by atoms with Gasteiger partial charge in [0.25, 0.3) is 0 Å². The summed E-state index contributed by atoms with van der Waals surface area (Å²) in [5.74, 6) is 3.50. The highest BCUT2D eigenvalue weighted by Crippen LogP contribution is 1.81. The Labute approximate surface area is 81.7 Å². The van der Waals surface area contributed by atoms with Crippen LogP contribution in [0, 0.1) is 0 Å². The lowest BCUT2D eigenvalue weighted by molar-refractivity contribution is 0.311. The number of aliphatic hydroxyl groups excluding tert-OH is 1. The van der Waals surface area contributed by atoms with Crippen molar-refractivity contribution in [2.75, 3.05) is 26.7 Å². The van der Waals surface area contributed by atoms with Crippen molar-refractivity contribution >= 4 is 12.4 Å². The van der Waals surface area contributed by atoms with E-state index in [-0.39, 0.29) is 12.4 Å². The van der Waals surface area contributed by atoms with Gasteiger partial charge in [-0.2, -0.15) is 0 Å². The van der Waals surface area contributed by atoms with E-state index in [4.69, 9.17) is 10.3 Å². The molecule has 4 N–H and O–H groups in total. The summed E-state index contributed by atoms with van der Waals surface area (Å²) >= 11 is 0. The van der Waals surface area contributed by atoms with Crippen LogP contribution in [0.15, 0.2) is 0 Å². The summed E-state index contributed by atoms with van der Waals surface area (Å²) in [5.41, 5.74) is 0. The van der Waals surface area contributed by atoms with Crippen LogP contribution in [0.1, 0.15) is 20.8 Å². The van der Waals surface area contributed by atoms with Gasteiger partial charge in [0.05, 0.1) is 0 Å². The van der Waals surface area contributed by atoms with E-state index in [1.807, 2.05) is 0 Å². The van der Waals surface area contributed by atoms with Crippen LogP contribution in [0.3, 0.4) is 0 Å². The Bertz CT molecular complexity index is 40.9. The predicted octanol–water partition coefficient (Wildman–Crippen LogP) is 0.713. The van der Waals surface area contributed by atoms with Crippen molar-refractivity contribution < 1.29 is 10.3 Å². The van der Waals surface area contributed by atoms with Crippen LogP contribution in [-0.2, 0) is 0 Å². The molecule has 0 aromatic rings. The molecule has 0 amide bonds. The van der Waals surface area contributed by atoms with Crippen molar-refractivity contribution in [2.24, 2.45) is 5.90 Å². The van der Waals surface area contributed by atoms with E-state index >= 15 is 0 Å². The topological polar surface area (TPSA) is 69.7 Å². The van der Waals surface area contributed by atoms with Gasteiger partial charge in [-0.05, 0) is 19.6 Å². The first-order chi connectivity index (χ1) is 5.35. The molecule has 0 aromatic heterocycles. The number of halogens is 1. The van der Waals surface area contributed by atoms with Crippen LogP contribution in [0.4, 0.5) is 0 Å². The summed E-state index contributed by atoms with van der Waals surface area (Å²) in [6, 6.07) is 0. The summed E-state index contributed by atoms with van der Waals surface area (Å²) in [6.07, 6.45) is 0. The van der Waals surface area contributed by atoms with Gasteiger partial charge in [-0.3, -0.25) is 0 Å². The predicted molar refractivity (Wildman–Crippen MR) is 54.8 cm³/mol. The van der Waals surface area contributed by atoms with E-state index < -0.39 is 0 Å². The summed E-state index contributed by atoms with van der Waals surface area (Å²) in [4.78, 5) is 2.38. The maximum absolute atomic E-state index is 7.00. The fraction of sp³-hybridized carbons (Fsp3) is 1.00. The van der Waals surface area contributed by atoms with E-state index in [0.29, 0.717) is 0 Å². The van der Waals surface area contributed by atoms with Crippen LogP contribution in [0.25, 0.3) is 0 Å². The second kappa shape index (κ2) is 30.4. The monoisotopic (exact) mass is 202 g/mol. The van der Waals surface area contributed by atoms with Crippen LogP contribution >= 0.6 is 12.4 Å². The third kappa shape index (κ3) is 22.5. The van der Waals surface area contributed by atoms with Gasteiger partial charge >= 0.3 is 0 Å². The quantitative estimate of drug-likeness (QED) is 0.590. The van der Waals surface area contributed by atoms with Crippen molar-refractivity contribution in [1.29, 1.82) is 0 Å².